The summed E-state index contributed by atoms with van der Waals surface area (Å²) in [4.78, 5) is 27.1. The van der Waals surface area contributed by atoms with E-state index < -0.39 is 12.0 Å². The highest BCUT2D eigenvalue weighted by Crippen LogP contribution is 2.19. The first kappa shape index (κ1) is 15.0. The van der Waals surface area contributed by atoms with Crippen LogP contribution >= 0.6 is 0 Å². The van der Waals surface area contributed by atoms with E-state index in [0.29, 0.717) is 12.5 Å². The van der Waals surface area contributed by atoms with E-state index in [9.17, 15) is 9.59 Å². The molecule has 0 saturated carbocycles. The van der Waals surface area contributed by atoms with Gasteiger partial charge < -0.3 is 10.0 Å². The quantitative estimate of drug-likeness (QED) is 0.816. The number of rotatable bonds is 4. The van der Waals surface area contributed by atoms with Gasteiger partial charge in [0.2, 0.25) is 5.91 Å². The molecule has 1 heterocycles. The van der Waals surface area contributed by atoms with E-state index >= 15 is 0 Å². The lowest BCUT2D eigenvalue weighted by molar-refractivity contribution is -0.145. The molecule has 1 fully saturated rings. The average Bonchev–Trinajstić information content (AvgIpc) is 2.35. The Morgan fingerprint density at radius 2 is 2.11 bits per heavy atom. The van der Waals surface area contributed by atoms with Crippen molar-refractivity contribution < 1.29 is 14.7 Å². The van der Waals surface area contributed by atoms with Crippen LogP contribution in [0.3, 0.4) is 0 Å². The molecule has 1 amide bonds. The van der Waals surface area contributed by atoms with Crippen molar-refractivity contribution in [1.82, 2.24) is 9.80 Å². The largest absolute Gasteiger partial charge is 0.481 e. The van der Waals surface area contributed by atoms with Crippen molar-refractivity contribution in [1.29, 1.82) is 0 Å². The van der Waals surface area contributed by atoms with Crippen molar-refractivity contribution in [3.63, 3.8) is 0 Å². The fraction of sp³-hybridized carbons (Fsp3) is 0.846. The Morgan fingerprint density at radius 3 is 2.61 bits per heavy atom. The van der Waals surface area contributed by atoms with Crippen LogP contribution in [0.5, 0.6) is 0 Å². The van der Waals surface area contributed by atoms with Gasteiger partial charge in [-0.25, -0.2) is 0 Å². The second-order valence-corrected chi connectivity index (χ2v) is 5.62. The van der Waals surface area contributed by atoms with E-state index in [1.807, 2.05) is 23.8 Å². The van der Waals surface area contributed by atoms with Gasteiger partial charge in [-0.1, -0.05) is 13.8 Å². The second-order valence-electron chi connectivity index (χ2n) is 5.62. The third-order valence-corrected chi connectivity index (χ3v) is 3.46. The topological polar surface area (TPSA) is 60.9 Å². The summed E-state index contributed by atoms with van der Waals surface area (Å²) in [5.74, 6) is -0.567. The van der Waals surface area contributed by atoms with Gasteiger partial charge in [-0.15, -0.1) is 0 Å². The summed E-state index contributed by atoms with van der Waals surface area (Å²) >= 11 is 0. The third kappa shape index (κ3) is 3.70. The zero-order valence-electron chi connectivity index (χ0n) is 11.7. The molecule has 0 radical (unpaired) electrons. The number of aliphatic carboxylic acids is 1. The van der Waals surface area contributed by atoms with Crippen molar-refractivity contribution >= 4 is 11.9 Å². The minimum absolute atomic E-state index is 0.0430. The zero-order chi connectivity index (χ0) is 13.9. The number of carbonyl (C=O) groups is 2. The average molecular weight is 256 g/mol. The molecule has 0 bridgehead atoms. The Labute approximate surface area is 109 Å². The number of amides is 1. The van der Waals surface area contributed by atoms with Gasteiger partial charge in [0, 0.05) is 19.1 Å². The maximum absolute atomic E-state index is 12.5. The van der Waals surface area contributed by atoms with Gasteiger partial charge in [-0.2, -0.15) is 0 Å². The van der Waals surface area contributed by atoms with Crippen LogP contribution in [0.15, 0.2) is 0 Å². The molecular weight excluding hydrogens is 232 g/mol. The molecular formula is C13H24N2O3. The summed E-state index contributed by atoms with van der Waals surface area (Å²) in [6, 6.07) is -0.340. The molecule has 0 aromatic carbocycles. The number of hydrogen-bond donors (Lipinski definition) is 1. The number of hydrogen-bond acceptors (Lipinski definition) is 3. The first-order valence-corrected chi connectivity index (χ1v) is 6.55. The Hall–Kier alpha value is -1.10. The number of likely N-dealkylation sites (N-methyl/N-ethyl adjacent to an activating group) is 1. The van der Waals surface area contributed by atoms with Gasteiger partial charge in [0.1, 0.15) is 0 Å². The van der Waals surface area contributed by atoms with Crippen LogP contribution in [-0.2, 0) is 9.59 Å². The van der Waals surface area contributed by atoms with Crippen molar-refractivity contribution in [2.45, 2.75) is 45.7 Å². The summed E-state index contributed by atoms with van der Waals surface area (Å²) in [6.45, 7) is 7.64. The molecule has 5 nitrogen and oxygen atoms in total. The fourth-order valence-corrected chi connectivity index (χ4v) is 2.37. The van der Waals surface area contributed by atoms with Gasteiger partial charge in [0.25, 0.3) is 0 Å². The molecule has 2 atom stereocenters. The first-order chi connectivity index (χ1) is 8.32. The molecule has 0 spiro atoms. The van der Waals surface area contributed by atoms with E-state index in [2.05, 4.69) is 13.8 Å². The van der Waals surface area contributed by atoms with Gasteiger partial charge in [-0.3, -0.25) is 14.5 Å². The predicted molar refractivity (Wildman–Crippen MR) is 69.3 cm³/mol. The van der Waals surface area contributed by atoms with E-state index in [4.69, 9.17) is 5.11 Å². The molecule has 0 aromatic heterocycles. The van der Waals surface area contributed by atoms with E-state index in [-0.39, 0.29) is 18.4 Å². The molecule has 1 aliphatic rings. The normalized spacial score (nSPS) is 26.5. The number of carbonyl (C=O) groups excluding carboxylic acids is 1. The number of nitrogens with zero attached hydrogens (tertiary/aromatic N) is 2. The lowest BCUT2D eigenvalue weighted by Crippen LogP contribution is -2.48. The Kier molecular flexibility index (Phi) is 5.14. The Bertz CT molecular complexity index is 317. The fourth-order valence-electron chi connectivity index (χ4n) is 2.37. The van der Waals surface area contributed by atoms with Crippen molar-refractivity contribution in [2.24, 2.45) is 5.92 Å². The minimum atomic E-state index is -0.917. The summed E-state index contributed by atoms with van der Waals surface area (Å²) < 4.78 is 0. The van der Waals surface area contributed by atoms with Crippen LogP contribution in [-0.4, -0.2) is 59.0 Å². The summed E-state index contributed by atoms with van der Waals surface area (Å²) in [6.07, 6.45) is 0.779. The predicted octanol–water partition coefficient (Wildman–Crippen LogP) is 1.04. The minimum Gasteiger partial charge on any atom is -0.481 e. The van der Waals surface area contributed by atoms with Gasteiger partial charge >= 0.3 is 5.97 Å². The molecule has 2 unspecified atom stereocenters. The van der Waals surface area contributed by atoms with E-state index in [1.54, 1.807) is 0 Å². The molecule has 1 aliphatic heterocycles. The zero-order valence-corrected chi connectivity index (χ0v) is 11.7. The van der Waals surface area contributed by atoms with Gasteiger partial charge in [0.05, 0.1) is 12.5 Å². The van der Waals surface area contributed by atoms with Crippen LogP contribution in [0.1, 0.15) is 33.6 Å². The second kappa shape index (κ2) is 6.18. The Morgan fingerprint density at radius 1 is 1.50 bits per heavy atom. The summed E-state index contributed by atoms with van der Waals surface area (Å²) in [5, 5.41) is 8.93. The lowest BCUT2D eigenvalue weighted by Gasteiger charge is -2.31. The first-order valence-electron chi connectivity index (χ1n) is 6.55. The van der Waals surface area contributed by atoms with Gasteiger partial charge in [0.15, 0.2) is 0 Å². The third-order valence-electron chi connectivity index (χ3n) is 3.46. The number of carboxylic acids is 1. The van der Waals surface area contributed by atoms with Crippen molar-refractivity contribution in [3.8, 4) is 0 Å². The molecule has 1 N–H and O–H groups in total. The molecule has 1 saturated heterocycles. The maximum atomic E-state index is 12.5. The highest BCUT2D eigenvalue weighted by atomic mass is 16.4. The summed E-state index contributed by atoms with van der Waals surface area (Å²) in [7, 11) is 1.83. The maximum Gasteiger partial charge on any atom is 0.305 e. The SMILES string of the molecule is CC(C)CN1C(=O)C(CC(=O)O)N(C)CCC1C. The standard InChI is InChI=1S/C13H24N2O3/c1-9(2)8-15-10(3)5-6-14(4)11(13(15)18)7-12(16)17/h9-11H,5-8H2,1-4H3,(H,16,17). The number of carboxylic acid groups (broad SMARTS) is 1. The summed E-state index contributed by atoms with van der Waals surface area (Å²) in [5.41, 5.74) is 0. The van der Waals surface area contributed by atoms with E-state index in [0.717, 1.165) is 13.0 Å². The van der Waals surface area contributed by atoms with Crippen LogP contribution < -0.4 is 0 Å². The van der Waals surface area contributed by atoms with Crippen LogP contribution in [0.2, 0.25) is 0 Å². The van der Waals surface area contributed by atoms with Crippen LogP contribution in [0.25, 0.3) is 0 Å². The van der Waals surface area contributed by atoms with Crippen molar-refractivity contribution in [3.05, 3.63) is 0 Å². The lowest BCUT2D eigenvalue weighted by atomic mass is 10.1. The van der Waals surface area contributed by atoms with Gasteiger partial charge in [-0.05, 0) is 26.3 Å². The van der Waals surface area contributed by atoms with Crippen molar-refractivity contribution in [2.75, 3.05) is 20.1 Å². The van der Waals surface area contributed by atoms with E-state index in [1.165, 1.54) is 0 Å². The molecule has 18 heavy (non-hydrogen) atoms. The van der Waals surface area contributed by atoms with Crippen LogP contribution in [0.4, 0.5) is 0 Å². The molecule has 5 heteroatoms. The smallest absolute Gasteiger partial charge is 0.305 e. The monoisotopic (exact) mass is 256 g/mol. The molecule has 104 valence electrons. The highest BCUT2D eigenvalue weighted by molar-refractivity contribution is 5.86. The molecule has 1 rings (SSSR count). The molecule has 0 aliphatic carbocycles. The van der Waals surface area contributed by atoms with Crippen LogP contribution in [0, 0.1) is 5.92 Å². The highest BCUT2D eigenvalue weighted by Gasteiger charge is 2.35. The Balaban J connectivity index is 2.89. The molecule has 0 aromatic rings.